The Morgan fingerprint density at radius 3 is 2.38 bits per heavy atom. The Morgan fingerprint density at radius 1 is 1.23 bits per heavy atom. The van der Waals surface area contributed by atoms with Crippen LogP contribution in [0, 0.1) is 0 Å². The molecular weight excluding hydrogens is 166 g/mol. The molecule has 0 saturated carbocycles. The van der Waals surface area contributed by atoms with Crippen molar-refractivity contribution >= 4 is 0 Å². The average Bonchev–Trinajstić information content (AvgIpc) is 2.15. The third-order valence-electron chi connectivity index (χ3n) is 2.48. The van der Waals surface area contributed by atoms with Gasteiger partial charge in [-0.25, -0.2) is 0 Å². The Balaban J connectivity index is 2.45. The van der Waals surface area contributed by atoms with Gasteiger partial charge in [-0.2, -0.15) is 0 Å². The lowest BCUT2D eigenvalue weighted by atomic mass is 9.83. The number of benzene rings is 1. The summed E-state index contributed by atoms with van der Waals surface area (Å²) in [5.74, 6) is 1.55. The van der Waals surface area contributed by atoms with Gasteiger partial charge in [-0.1, -0.05) is 0 Å². The summed E-state index contributed by atoms with van der Waals surface area (Å²) < 4.78 is 10.3. The summed E-state index contributed by atoms with van der Waals surface area (Å²) in [4.78, 5) is 0. The van der Waals surface area contributed by atoms with E-state index >= 15 is 0 Å². The second-order valence-electron chi connectivity index (χ2n) is 3.22. The molecule has 0 saturated heterocycles. The highest BCUT2D eigenvalue weighted by molar-refractivity contribution is 5.52. The van der Waals surface area contributed by atoms with Crippen molar-refractivity contribution in [1.82, 2.24) is 0 Å². The predicted octanol–water partition coefficient (Wildman–Crippen LogP) is 1.26. The maximum atomic E-state index is 5.81. The molecule has 0 amide bonds. The number of methoxy groups -OCH3 is 2. The number of hydrogen-bond donors (Lipinski definition) is 1. The molecule has 0 fully saturated rings. The zero-order valence-corrected chi connectivity index (χ0v) is 7.83. The van der Waals surface area contributed by atoms with Crippen LogP contribution < -0.4 is 15.2 Å². The van der Waals surface area contributed by atoms with Crippen LogP contribution in [-0.2, 0) is 6.42 Å². The van der Waals surface area contributed by atoms with Gasteiger partial charge in [0, 0.05) is 6.04 Å². The van der Waals surface area contributed by atoms with Crippen molar-refractivity contribution in [2.24, 2.45) is 5.73 Å². The highest BCUT2D eigenvalue weighted by Gasteiger charge is 2.24. The molecule has 0 unspecified atom stereocenters. The molecule has 1 aliphatic carbocycles. The highest BCUT2D eigenvalue weighted by Crippen LogP contribution is 2.39. The van der Waals surface area contributed by atoms with Crippen LogP contribution in [0.1, 0.15) is 17.2 Å². The van der Waals surface area contributed by atoms with Gasteiger partial charge in [-0.15, -0.1) is 0 Å². The topological polar surface area (TPSA) is 44.5 Å². The maximum absolute atomic E-state index is 5.81. The van der Waals surface area contributed by atoms with Crippen LogP contribution in [0.25, 0.3) is 0 Å². The molecule has 0 aromatic heterocycles. The molecular formula is C10H13NO2. The van der Waals surface area contributed by atoms with E-state index in [4.69, 9.17) is 15.2 Å². The largest absolute Gasteiger partial charge is 0.493 e. The highest BCUT2D eigenvalue weighted by atomic mass is 16.5. The Kier molecular flexibility index (Phi) is 1.88. The summed E-state index contributed by atoms with van der Waals surface area (Å²) in [6, 6.07) is 4.13. The van der Waals surface area contributed by atoms with Gasteiger partial charge in [-0.3, -0.25) is 0 Å². The summed E-state index contributed by atoms with van der Waals surface area (Å²) in [5, 5.41) is 0. The molecule has 0 aliphatic heterocycles. The molecule has 13 heavy (non-hydrogen) atoms. The molecule has 0 bridgehead atoms. The first-order valence-electron chi connectivity index (χ1n) is 4.26. The van der Waals surface area contributed by atoms with Crippen LogP contribution in [-0.4, -0.2) is 14.2 Å². The summed E-state index contributed by atoms with van der Waals surface area (Å²) in [6.45, 7) is 0. The zero-order chi connectivity index (χ0) is 9.42. The molecule has 0 spiro atoms. The van der Waals surface area contributed by atoms with Crippen LogP contribution in [0.4, 0.5) is 0 Å². The van der Waals surface area contributed by atoms with Crippen molar-refractivity contribution in [2.45, 2.75) is 12.5 Å². The van der Waals surface area contributed by atoms with E-state index in [-0.39, 0.29) is 6.04 Å². The van der Waals surface area contributed by atoms with Gasteiger partial charge in [0.15, 0.2) is 11.5 Å². The lowest BCUT2D eigenvalue weighted by Crippen LogP contribution is -2.24. The molecule has 1 aromatic rings. The Labute approximate surface area is 77.5 Å². The predicted molar refractivity (Wildman–Crippen MR) is 50.2 cm³/mol. The summed E-state index contributed by atoms with van der Waals surface area (Å²) in [6.07, 6.45) is 0.940. The van der Waals surface area contributed by atoms with Crippen LogP contribution in [0.5, 0.6) is 11.5 Å². The van der Waals surface area contributed by atoms with Crippen molar-refractivity contribution in [3.05, 3.63) is 23.3 Å². The van der Waals surface area contributed by atoms with Crippen molar-refractivity contribution in [2.75, 3.05) is 14.2 Å². The lowest BCUT2D eigenvalue weighted by molar-refractivity contribution is 0.352. The Morgan fingerprint density at radius 2 is 1.85 bits per heavy atom. The number of ether oxygens (including phenoxy) is 2. The summed E-state index contributed by atoms with van der Waals surface area (Å²) in [7, 11) is 3.28. The van der Waals surface area contributed by atoms with E-state index < -0.39 is 0 Å². The normalized spacial score (nSPS) is 18.8. The van der Waals surface area contributed by atoms with Crippen molar-refractivity contribution < 1.29 is 9.47 Å². The van der Waals surface area contributed by atoms with E-state index in [9.17, 15) is 0 Å². The van der Waals surface area contributed by atoms with E-state index in [1.165, 1.54) is 11.1 Å². The third-order valence-corrected chi connectivity index (χ3v) is 2.48. The monoisotopic (exact) mass is 179 g/mol. The SMILES string of the molecule is COc1cc2c(cc1OC)[C@@H](N)C2. The standard InChI is InChI=1S/C10H13NO2/c1-12-9-4-6-3-8(11)7(6)5-10(9)13-2/h4-5,8H,3,11H2,1-2H3/t8-/m0/s1. The number of rotatable bonds is 2. The Hall–Kier alpha value is -1.22. The molecule has 2 N–H and O–H groups in total. The smallest absolute Gasteiger partial charge is 0.161 e. The summed E-state index contributed by atoms with van der Waals surface area (Å²) in [5.41, 5.74) is 8.26. The molecule has 0 heterocycles. The molecule has 1 atom stereocenters. The van der Waals surface area contributed by atoms with Gasteiger partial charge in [-0.05, 0) is 29.7 Å². The molecule has 0 radical (unpaired) electrons. The quantitative estimate of drug-likeness (QED) is 0.743. The van der Waals surface area contributed by atoms with Gasteiger partial charge in [0.2, 0.25) is 0 Å². The molecule has 2 rings (SSSR count). The minimum Gasteiger partial charge on any atom is -0.493 e. The maximum Gasteiger partial charge on any atom is 0.161 e. The number of fused-ring (bicyclic) bond motifs is 1. The van der Waals surface area contributed by atoms with E-state index in [2.05, 4.69) is 0 Å². The van der Waals surface area contributed by atoms with Crippen LogP contribution in [0.2, 0.25) is 0 Å². The van der Waals surface area contributed by atoms with Gasteiger partial charge in [0.1, 0.15) is 0 Å². The van der Waals surface area contributed by atoms with Crippen molar-refractivity contribution in [3.63, 3.8) is 0 Å². The number of nitrogens with two attached hydrogens (primary N) is 1. The van der Waals surface area contributed by atoms with Gasteiger partial charge >= 0.3 is 0 Å². The van der Waals surface area contributed by atoms with E-state index in [1.54, 1.807) is 14.2 Å². The average molecular weight is 179 g/mol. The van der Waals surface area contributed by atoms with Gasteiger partial charge in [0.05, 0.1) is 14.2 Å². The Bertz CT molecular complexity index is 336. The first-order valence-corrected chi connectivity index (χ1v) is 4.26. The van der Waals surface area contributed by atoms with Gasteiger partial charge < -0.3 is 15.2 Å². The van der Waals surface area contributed by atoms with Crippen molar-refractivity contribution in [3.8, 4) is 11.5 Å². The molecule has 3 nitrogen and oxygen atoms in total. The first kappa shape index (κ1) is 8.38. The van der Waals surface area contributed by atoms with Crippen LogP contribution in [0.15, 0.2) is 12.1 Å². The van der Waals surface area contributed by atoms with E-state index in [0.29, 0.717) is 0 Å². The zero-order valence-electron chi connectivity index (χ0n) is 7.83. The minimum absolute atomic E-state index is 0.176. The third kappa shape index (κ3) is 1.16. The summed E-state index contributed by atoms with van der Waals surface area (Å²) >= 11 is 0. The van der Waals surface area contributed by atoms with Crippen LogP contribution >= 0.6 is 0 Å². The second-order valence-corrected chi connectivity index (χ2v) is 3.22. The molecule has 1 aliphatic rings. The van der Waals surface area contributed by atoms with Gasteiger partial charge in [0.25, 0.3) is 0 Å². The van der Waals surface area contributed by atoms with E-state index in [1.807, 2.05) is 12.1 Å². The van der Waals surface area contributed by atoms with E-state index in [0.717, 1.165) is 17.9 Å². The molecule has 70 valence electrons. The fourth-order valence-corrected chi connectivity index (χ4v) is 1.67. The number of hydrogen-bond acceptors (Lipinski definition) is 3. The fraction of sp³-hybridized carbons (Fsp3) is 0.400. The lowest BCUT2D eigenvalue weighted by Gasteiger charge is -2.27. The first-order chi connectivity index (χ1) is 6.26. The minimum atomic E-state index is 0.176. The van der Waals surface area contributed by atoms with Crippen molar-refractivity contribution in [1.29, 1.82) is 0 Å². The molecule has 1 aromatic carbocycles. The van der Waals surface area contributed by atoms with Crippen LogP contribution in [0.3, 0.4) is 0 Å². The second kappa shape index (κ2) is 2.92. The molecule has 3 heteroatoms. The fourth-order valence-electron chi connectivity index (χ4n) is 1.67.